The molecule has 0 spiro atoms. The fraction of sp³-hybridized carbons (Fsp3) is 0.208. The van der Waals surface area contributed by atoms with Crippen molar-refractivity contribution in [2.24, 2.45) is 0 Å². The molecular formula is C24H21BrN2O5. The number of halogens is 1. The van der Waals surface area contributed by atoms with Crippen LogP contribution in [0.2, 0.25) is 0 Å². The average Bonchev–Trinajstić information content (AvgIpc) is 3.43. The Hall–Kier alpha value is -3.39. The van der Waals surface area contributed by atoms with Gasteiger partial charge in [0.2, 0.25) is 13.6 Å². The third-order valence-corrected chi connectivity index (χ3v) is 5.80. The van der Waals surface area contributed by atoms with E-state index in [0.717, 1.165) is 44.3 Å². The summed E-state index contributed by atoms with van der Waals surface area (Å²) in [7, 11) is 0. The smallest absolute Gasteiger partial charge is 0.319 e. The standard InChI is InChI=1S/C24H21BrN2O5/c25-17-3-5-18(6-4-17)26-24(28)27-19(9-15-1-7-20-22(11-15)31-13-29-20)10-16-2-8-21-23(12-16)32-14-30-21/h1-8,11-12,19H,9-10,13-14H2,(H2,26,27,28). The molecule has 2 aliphatic heterocycles. The van der Waals surface area contributed by atoms with Crippen LogP contribution in [-0.4, -0.2) is 25.7 Å². The second kappa shape index (κ2) is 9.00. The molecule has 2 heterocycles. The molecule has 0 bridgehead atoms. The van der Waals surface area contributed by atoms with Crippen molar-refractivity contribution in [1.82, 2.24) is 5.32 Å². The highest BCUT2D eigenvalue weighted by Gasteiger charge is 2.20. The number of anilines is 1. The summed E-state index contributed by atoms with van der Waals surface area (Å²) < 4.78 is 22.8. The van der Waals surface area contributed by atoms with Gasteiger partial charge in [-0.15, -0.1) is 0 Å². The molecule has 8 heteroatoms. The van der Waals surface area contributed by atoms with Crippen LogP contribution in [-0.2, 0) is 12.8 Å². The summed E-state index contributed by atoms with van der Waals surface area (Å²) in [6.07, 6.45) is 1.25. The average molecular weight is 497 g/mol. The lowest BCUT2D eigenvalue weighted by Gasteiger charge is -2.20. The van der Waals surface area contributed by atoms with Gasteiger partial charge in [0.15, 0.2) is 23.0 Å². The number of ether oxygens (including phenoxy) is 4. The van der Waals surface area contributed by atoms with Crippen LogP contribution >= 0.6 is 15.9 Å². The summed E-state index contributed by atoms with van der Waals surface area (Å²) in [5.74, 6) is 2.93. The largest absolute Gasteiger partial charge is 0.454 e. The number of rotatable bonds is 6. The Labute approximate surface area is 193 Å². The second-order valence-corrected chi connectivity index (χ2v) is 8.50. The Kier molecular flexibility index (Phi) is 5.77. The fourth-order valence-corrected chi connectivity index (χ4v) is 4.03. The monoisotopic (exact) mass is 496 g/mol. The quantitative estimate of drug-likeness (QED) is 0.508. The molecule has 3 aromatic rings. The molecule has 0 fully saturated rings. The van der Waals surface area contributed by atoms with Gasteiger partial charge in [-0.3, -0.25) is 0 Å². The van der Waals surface area contributed by atoms with Gasteiger partial charge >= 0.3 is 6.03 Å². The number of amides is 2. The topological polar surface area (TPSA) is 78.1 Å². The van der Waals surface area contributed by atoms with Gasteiger partial charge < -0.3 is 29.6 Å². The van der Waals surface area contributed by atoms with Gasteiger partial charge in [-0.25, -0.2) is 4.79 Å². The predicted molar refractivity (Wildman–Crippen MR) is 123 cm³/mol. The van der Waals surface area contributed by atoms with Gasteiger partial charge in [0.1, 0.15) is 0 Å². The summed E-state index contributed by atoms with van der Waals surface area (Å²) in [6, 6.07) is 18.7. The second-order valence-electron chi connectivity index (χ2n) is 7.59. The minimum Gasteiger partial charge on any atom is -0.454 e. The van der Waals surface area contributed by atoms with Crippen molar-refractivity contribution in [3.8, 4) is 23.0 Å². The third-order valence-electron chi connectivity index (χ3n) is 5.28. The number of hydrogen-bond donors (Lipinski definition) is 2. The Morgan fingerprint density at radius 3 is 1.88 bits per heavy atom. The summed E-state index contributed by atoms with van der Waals surface area (Å²) in [6.45, 7) is 0.459. The minimum atomic E-state index is -0.265. The highest BCUT2D eigenvalue weighted by Crippen LogP contribution is 2.34. The summed E-state index contributed by atoms with van der Waals surface area (Å²) in [4.78, 5) is 12.7. The molecule has 2 aliphatic rings. The Bertz CT molecular complexity index is 1080. The van der Waals surface area contributed by atoms with E-state index < -0.39 is 0 Å². The fourth-order valence-electron chi connectivity index (χ4n) is 3.76. The molecule has 2 N–H and O–H groups in total. The van der Waals surface area contributed by atoms with Gasteiger partial charge in [-0.05, 0) is 72.5 Å². The highest BCUT2D eigenvalue weighted by molar-refractivity contribution is 9.10. The van der Waals surface area contributed by atoms with E-state index >= 15 is 0 Å². The van der Waals surface area contributed by atoms with E-state index in [4.69, 9.17) is 18.9 Å². The molecule has 0 saturated heterocycles. The zero-order valence-corrected chi connectivity index (χ0v) is 18.7. The Morgan fingerprint density at radius 1 is 0.781 bits per heavy atom. The van der Waals surface area contributed by atoms with E-state index in [1.54, 1.807) is 0 Å². The van der Waals surface area contributed by atoms with Crippen LogP contribution in [0.1, 0.15) is 11.1 Å². The van der Waals surface area contributed by atoms with E-state index in [-0.39, 0.29) is 25.7 Å². The number of carbonyl (C=O) groups excluding carboxylic acids is 1. The SMILES string of the molecule is O=C(Nc1ccc(Br)cc1)NC(Cc1ccc2c(c1)OCO2)Cc1ccc2c(c1)OCO2. The van der Waals surface area contributed by atoms with Crippen molar-refractivity contribution < 1.29 is 23.7 Å². The van der Waals surface area contributed by atoms with Crippen molar-refractivity contribution in [2.75, 3.05) is 18.9 Å². The number of nitrogens with one attached hydrogen (secondary N) is 2. The molecule has 3 aromatic carbocycles. The molecular weight excluding hydrogens is 476 g/mol. The first-order valence-corrected chi connectivity index (χ1v) is 11.0. The zero-order valence-electron chi connectivity index (χ0n) is 17.1. The molecule has 2 amide bonds. The van der Waals surface area contributed by atoms with Crippen LogP contribution < -0.4 is 29.6 Å². The third kappa shape index (κ3) is 4.75. The van der Waals surface area contributed by atoms with Crippen LogP contribution in [0, 0.1) is 0 Å². The van der Waals surface area contributed by atoms with E-state index in [1.807, 2.05) is 60.7 Å². The number of urea groups is 1. The maximum Gasteiger partial charge on any atom is 0.319 e. The molecule has 0 saturated carbocycles. The number of hydrogen-bond acceptors (Lipinski definition) is 5. The molecule has 0 unspecified atom stereocenters. The van der Waals surface area contributed by atoms with E-state index in [1.165, 1.54) is 0 Å². The molecule has 32 heavy (non-hydrogen) atoms. The van der Waals surface area contributed by atoms with E-state index in [2.05, 4.69) is 26.6 Å². The Balaban J connectivity index is 1.32. The van der Waals surface area contributed by atoms with Crippen molar-refractivity contribution in [3.05, 3.63) is 76.3 Å². The normalized spacial score (nSPS) is 13.3. The number of benzene rings is 3. The maximum absolute atomic E-state index is 12.7. The van der Waals surface area contributed by atoms with Gasteiger partial charge in [-0.2, -0.15) is 0 Å². The predicted octanol–water partition coefficient (Wildman–Crippen LogP) is 4.88. The highest BCUT2D eigenvalue weighted by atomic mass is 79.9. The van der Waals surface area contributed by atoms with Gasteiger partial charge in [0.25, 0.3) is 0 Å². The van der Waals surface area contributed by atoms with Gasteiger partial charge in [-0.1, -0.05) is 28.1 Å². The van der Waals surface area contributed by atoms with Gasteiger partial charge in [0.05, 0.1) is 0 Å². The van der Waals surface area contributed by atoms with Crippen molar-refractivity contribution >= 4 is 27.6 Å². The molecule has 0 aliphatic carbocycles. The zero-order chi connectivity index (χ0) is 21.9. The molecule has 0 radical (unpaired) electrons. The lowest BCUT2D eigenvalue weighted by atomic mass is 9.98. The minimum absolute atomic E-state index is 0.161. The lowest BCUT2D eigenvalue weighted by Crippen LogP contribution is -2.40. The van der Waals surface area contributed by atoms with Crippen LogP contribution in [0.15, 0.2) is 65.1 Å². The van der Waals surface area contributed by atoms with E-state index in [9.17, 15) is 4.79 Å². The summed E-state index contributed by atoms with van der Waals surface area (Å²) in [5, 5.41) is 6.00. The molecule has 7 nitrogen and oxygen atoms in total. The number of fused-ring (bicyclic) bond motifs is 2. The van der Waals surface area contributed by atoms with Crippen molar-refractivity contribution in [3.63, 3.8) is 0 Å². The lowest BCUT2D eigenvalue weighted by molar-refractivity contribution is 0.173. The first-order valence-electron chi connectivity index (χ1n) is 10.2. The van der Waals surface area contributed by atoms with Gasteiger partial charge in [0, 0.05) is 16.2 Å². The van der Waals surface area contributed by atoms with Crippen LogP contribution in [0.4, 0.5) is 10.5 Å². The maximum atomic E-state index is 12.7. The molecule has 0 aromatic heterocycles. The van der Waals surface area contributed by atoms with Crippen molar-refractivity contribution in [1.29, 1.82) is 0 Å². The molecule has 0 atom stereocenters. The van der Waals surface area contributed by atoms with Crippen LogP contribution in [0.5, 0.6) is 23.0 Å². The number of carbonyl (C=O) groups is 1. The summed E-state index contributed by atoms with van der Waals surface area (Å²) >= 11 is 3.40. The molecule has 164 valence electrons. The van der Waals surface area contributed by atoms with Crippen LogP contribution in [0.25, 0.3) is 0 Å². The van der Waals surface area contributed by atoms with Crippen LogP contribution in [0.3, 0.4) is 0 Å². The molecule has 5 rings (SSSR count). The first kappa shape index (κ1) is 20.5. The Morgan fingerprint density at radius 2 is 1.31 bits per heavy atom. The van der Waals surface area contributed by atoms with Crippen molar-refractivity contribution in [2.45, 2.75) is 18.9 Å². The van der Waals surface area contributed by atoms with E-state index in [0.29, 0.717) is 12.8 Å². The first-order chi connectivity index (χ1) is 15.6. The summed E-state index contributed by atoms with van der Waals surface area (Å²) in [5.41, 5.74) is 2.81.